The quantitative estimate of drug-likeness (QED) is 0.368. The second-order valence-corrected chi connectivity index (χ2v) is 9.48. The van der Waals surface area contributed by atoms with Crippen molar-refractivity contribution in [1.82, 2.24) is 25.1 Å². The van der Waals surface area contributed by atoms with Gasteiger partial charge in [0.05, 0.1) is 5.69 Å². The molecule has 2 aromatic carbocycles. The smallest absolute Gasteiger partial charge is 0.387 e. The molecule has 1 fully saturated rings. The molecule has 3 heterocycles. The number of anilines is 1. The number of halogens is 2. The highest BCUT2D eigenvalue weighted by Crippen LogP contribution is 2.37. The van der Waals surface area contributed by atoms with Crippen LogP contribution in [0.15, 0.2) is 54.9 Å². The molecule has 1 N–H and O–H groups in total. The number of nitrogens with zero attached hydrogens (tertiary/aromatic N) is 5. The van der Waals surface area contributed by atoms with Gasteiger partial charge in [0.1, 0.15) is 23.7 Å². The molecule has 2 aliphatic rings. The van der Waals surface area contributed by atoms with Crippen LogP contribution in [0.3, 0.4) is 0 Å². The van der Waals surface area contributed by atoms with Gasteiger partial charge < -0.3 is 9.64 Å². The molecule has 0 atom stereocenters. The normalized spacial score (nSPS) is 15.7. The number of alkyl halides is 2. The molecule has 0 amide bonds. The molecule has 188 valence electrons. The van der Waals surface area contributed by atoms with Crippen molar-refractivity contribution < 1.29 is 13.5 Å². The van der Waals surface area contributed by atoms with Gasteiger partial charge in [0.25, 0.3) is 0 Å². The van der Waals surface area contributed by atoms with E-state index in [1.54, 1.807) is 18.5 Å². The van der Waals surface area contributed by atoms with Gasteiger partial charge in [0, 0.05) is 36.6 Å². The van der Waals surface area contributed by atoms with Gasteiger partial charge in [-0.2, -0.15) is 13.9 Å². The molecule has 0 unspecified atom stereocenters. The lowest BCUT2D eigenvalue weighted by Crippen LogP contribution is -2.34. The molecule has 0 saturated carbocycles. The molecule has 1 saturated heterocycles. The zero-order valence-electron chi connectivity index (χ0n) is 20.4. The fraction of sp³-hybridized carbons (Fsp3) is 0.286. The SMILES string of the molecule is Cc1ccc(C2=Cc3c(ncnc3N3CCC(c4nc(-c5cccc(OC(F)F)c5)n[nH]4)CC3)C2)cc1. The van der Waals surface area contributed by atoms with Gasteiger partial charge in [-0.15, -0.1) is 0 Å². The van der Waals surface area contributed by atoms with E-state index in [2.05, 4.69) is 72.1 Å². The molecular formula is C28H26F2N6O. The lowest BCUT2D eigenvalue weighted by molar-refractivity contribution is -0.0498. The van der Waals surface area contributed by atoms with Crippen molar-refractivity contribution >= 4 is 17.5 Å². The van der Waals surface area contributed by atoms with E-state index in [0.717, 1.165) is 55.3 Å². The monoisotopic (exact) mass is 500 g/mol. The minimum Gasteiger partial charge on any atom is -0.435 e. The number of H-pyrrole nitrogens is 1. The number of aromatic amines is 1. The minimum absolute atomic E-state index is 0.0872. The second kappa shape index (κ2) is 9.72. The summed E-state index contributed by atoms with van der Waals surface area (Å²) in [6.07, 6.45) is 6.51. The Morgan fingerprint density at radius 2 is 1.84 bits per heavy atom. The summed E-state index contributed by atoms with van der Waals surface area (Å²) >= 11 is 0. The summed E-state index contributed by atoms with van der Waals surface area (Å²) in [5.74, 6) is 2.58. The lowest BCUT2D eigenvalue weighted by atomic mass is 9.96. The van der Waals surface area contributed by atoms with Gasteiger partial charge in [-0.1, -0.05) is 42.0 Å². The zero-order chi connectivity index (χ0) is 25.4. The van der Waals surface area contributed by atoms with Crippen LogP contribution in [0, 0.1) is 6.92 Å². The highest BCUT2D eigenvalue weighted by atomic mass is 19.3. The summed E-state index contributed by atoms with van der Waals surface area (Å²) < 4.78 is 29.6. The Hall–Kier alpha value is -4.14. The van der Waals surface area contributed by atoms with E-state index in [1.165, 1.54) is 28.8 Å². The fourth-order valence-electron chi connectivity index (χ4n) is 5.08. The van der Waals surface area contributed by atoms with Crippen LogP contribution in [-0.2, 0) is 6.42 Å². The maximum Gasteiger partial charge on any atom is 0.387 e. The Morgan fingerprint density at radius 1 is 1.03 bits per heavy atom. The predicted octanol–water partition coefficient (Wildman–Crippen LogP) is 5.65. The molecule has 0 radical (unpaired) electrons. The largest absolute Gasteiger partial charge is 0.435 e. The van der Waals surface area contributed by atoms with Gasteiger partial charge >= 0.3 is 6.61 Å². The summed E-state index contributed by atoms with van der Waals surface area (Å²) in [6, 6.07) is 15.1. The third kappa shape index (κ3) is 4.81. The third-order valence-corrected chi connectivity index (χ3v) is 7.05. The number of aromatic nitrogens is 5. The molecule has 37 heavy (non-hydrogen) atoms. The Bertz CT molecular complexity index is 1440. The van der Waals surface area contributed by atoms with Gasteiger partial charge in [-0.05, 0) is 49.1 Å². The average Bonchev–Trinajstić information content (AvgIpc) is 3.57. The summed E-state index contributed by atoms with van der Waals surface area (Å²) in [4.78, 5) is 16.2. The van der Waals surface area contributed by atoms with E-state index in [4.69, 9.17) is 0 Å². The number of fused-ring (bicyclic) bond motifs is 1. The van der Waals surface area contributed by atoms with Crippen molar-refractivity contribution in [3.63, 3.8) is 0 Å². The van der Waals surface area contributed by atoms with Crippen LogP contribution in [0.1, 0.15) is 47.0 Å². The van der Waals surface area contributed by atoms with Crippen LogP contribution in [0.4, 0.5) is 14.6 Å². The zero-order valence-corrected chi connectivity index (χ0v) is 20.4. The number of benzene rings is 2. The fourth-order valence-corrected chi connectivity index (χ4v) is 5.08. The molecule has 9 heteroatoms. The Morgan fingerprint density at radius 3 is 2.62 bits per heavy atom. The van der Waals surface area contributed by atoms with Crippen LogP contribution in [0.5, 0.6) is 5.75 Å². The number of hydrogen-bond acceptors (Lipinski definition) is 6. The topological polar surface area (TPSA) is 79.8 Å². The molecule has 1 aliphatic heterocycles. The molecule has 0 bridgehead atoms. The molecule has 4 aromatic rings. The van der Waals surface area contributed by atoms with E-state index in [9.17, 15) is 8.78 Å². The summed E-state index contributed by atoms with van der Waals surface area (Å²) in [6.45, 7) is 0.909. The number of piperidine rings is 1. The van der Waals surface area contributed by atoms with Crippen LogP contribution >= 0.6 is 0 Å². The molecule has 6 rings (SSSR count). The van der Waals surface area contributed by atoms with E-state index < -0.39 is 6.61 Å². The van der Waals surface area contributed by atoms with Crippen molar-refractivity contribution in [2.45, 2.75) is 38.7 Å². The van der Waals surface area contributed by atoms with E-state index in [0.29, 0.717) is 11.4 Å². The van der Waals surface area contributed by atoms with E-state index >= 15 is 0 Å². The first kappa shape index (κ1) is 23.3. The highest BCUT2D eigenvalue weighted by molar-refractivity contribution is 5.91. The van der Waals surface area contributed by atoms with Gasteiger partial charge in [-0.25, -0.2) is 15.0 Å². The Kier molecular flexibility index (Phi) is 6.12. The van der Waals surface area contributed by atoms with Crippen molar-refractivity contribution in [3.8, 4) is 17.1 Å². The first-order valence-corrected chi connectivity index (χ1v) is 12.4. The number of ether oxygens (including phenoxy) is 1. The third-order valence-electron chi connectivity index (χ3n) is 7.05. The molecule has 7 nitrogen and oxygen atoms in total. The van der Waals surface area contributed by atoms with E-state index in [1.807, 2.05) is 0 Å². The van der Waals surface area contributed by atoms with Crippen LogP contribution < -0.4 is 9.64 Å². The highest BCUT2D eigenvalue weighted by Gasteiger charge is 2.28. The second-order valence-electron chi connectivity index (χ2n) is 9.48. The molecule has 0 spiro atoms. The first-order valence-electron chi connectivity index (χ1n) is 12.4. The summed E-state index contributed by atoms with van der Waals surface area (Å²) in [5, 5.41) is 7.38. The molecular weight excluding hydrogens is 474 g/mol. The van der Waals surface area contributed by atoms with E-state index in [-0.39, 0.29) is 11.7 Å². The average molecular weight is 501 g/mol. The van der Waals surface area contributed by atoms with Crippen LogP contribution in [0.2, 0.25) is 0 Å². The number of aryl methyl sites for hydroxylation is 1. The number of rotatable bonds is 6. The standard InChI is InChI=1S/C28H26F2N6O/c1-17-5-7-18(8-6-17)21-14-23-24(15-21)31-16-32-27(23)36-11-9-19(10-12-36)25-33-26(35-34-25)20-3-2-4-22(13-20)37-28(29)30/h2-8,13-14,16,19,28H,9-12,15H2,1H3,(H,33,34,35). The molecule has 1 aliphatic carbocycles. The number of allylic oxidation sites excluding steroid dienone is 1. The molecule has 2 aromatic heterocycles. The van der Waals surface area contributed by atoms with Crippen molar-refractivity contribution in [2.24, 2.45) is 0 Å². The number of hydrogen-bond donors (Lipinski definition) is 1. The summed E-state index contributed by atoms with van der Waals surface area (Å²) in [5.41, 5.74) is 6.55. The first-order chi connectivity index (χ1) is 18.0. The van der Waals surface area contributed by atoms with Gasteiger partial charge in [0.2, 0.25) is 0 Å². The van der Waals surface area contributed by atoms with Crippen molar-refractivity contribution in [3.05, 3.63) is 83.1 Å². The lowest BCUT2D eigenvalue weighted by Gasteiger charge is -2.32. The Balaban J connectivity index is 1.15. The van der Waals surface area contributed by atoms with Gasteiger partial charge in [-0.3, -0.25) is 5.10 Å². The summed E-state index contributed by atoms with van der Waals surface area (Å²) in [7, 11) is 0. The minimum atomic E-state index is -2.87. The van der Waals surface area contributed by atoms with Crippen LogP contribution in [0.25, 0.3) is 23.0 Å². The maximum absolute atomic E-state index is 12.6. The van der Waals surface area contributed by atoms with Crippen molar-refractivity contribution in [1.29, 1.82) is 0 Å². The van der Waals surface area contributed by atoms with Crippen molar-refractivity contribution in [2.75, 3.05) is 18.0 Å². The predicted molar refractivity (Wildman–Crippen MR) is 137 cm³/mol. The van der Waals surface area contributed by atoms with Crippen LogP contribution in [-0.4, -0.2) is 44.9 Å². The number of nitrogens with one attached hydrogen (secondary N) is 1. The van der Waals surface area contributed by atoms with Gasteiger partial charge in [0.15, 0.2) is 5.82 Å². The maximum atomic E-state index is 12.6. The Labute approximate surface area is 213 Å².